The van der Waals surface area contributed by atoms with E-state index in [0.29, 0.717) is 19.4 Å². The second kappa shape index (κ2) is 9.75. The number of phenolic OH excluding ortho intramolecular Hbond substituents is 2. The monoisotopic (exact) mass is 306 g/mol. The van der Waals surface area contributed by atoms with Gasteiger partial charge >= 0.3 is 0 Å². The SMILES string of the molecule is NCCc1ccc(O)c(O)c1.ON(O)CCc1ccccc1. The highest BCUT2D eigenvalue weighted by Gasteiger charge is 1.98. The number of nitrogens with zero attached hydrogens (tertiary/aromatic N) is 1. The molecule has 2 rings (SSSR count). The van der Waals surface area contributed by atoms with Crippen molar-refractivity contribution < 1.29 is 20.6 Å². The van der Waals surface area contributed by atoms with Crippen LogP contribution < -0.4 is 5.73 Å². The normalized spacial score (nSPS) is 10.2. The molecule has 6 N–H and O–H groups in total. The number of hydrogen-bond acceptors (Lipinski definition) is 6. The highest BCUT2D eigenvalue weighted by atomic mass is 16.8. The lowest BCUT2D eigenvalue weighted by molar-refractivity contribution is -0.305. The highest BCUT2D eigenvalue weighted by molar-refractivity contribution is 5.40. The molecule has 0 saturated carbocycles. The summed E-state index contributed by atoms with van der Waals surface area (Å²) in [6.45, 7) is 0.786. The average molecular weight is 306 g/mol. The van der Waals surface area contributed by atoms with Crippen LogP contribution in [0.25, 0.3) is 0 Å². The number of aromatic hydroxyl groups is 2. The quantitative estimate of drug-likeness (QED) is 0.426. The maximum atomic E-state index is 9.04. The van der Waals surface area contributed by atoms with E-state index in [1.165, 1.54) is 12.1 Å². The van der Waals surface area contributed by atoms with E-state index in [9.17, 15) is 0 Å². The molecule has 6 nitrogen and oxygen atoms in total. The molecule has 0 fully saturated rings. The zero-order valence-electron chi connectivity index (χ0n) is 12.3. The Morgan fingerprint density at radius 1 is 0.818 bits per heavy atom. The summed E-state index contributed by atoms with van der Waals surface area (Å²) in [6.07, 6.45) is 1.36. The number of benzene rings is 2. The molecule has 0 amide bonds. The summed E-state index contributed by atoms with van der Waals surface area (Å²) < 4.78 is 0. The second-order valence-electron chi connectivity index (χ2n) is 4.69. The van der Waals surface area contributed by atoms with Crippen LogP contribution in [-0.2, 0) is 12.8 Å². The van der Waals surface area contributed by atoms with E-state index < -0.39 is 0 Å². The molecule has 120 valence electrons. The third-order valence-electron chi connectivity index (χ3n) is 2.92. The van der Waals surface area contributed by atoms with Gasteiger partial charge in [-0.25, -0.2) is 0 Å². The van der Waals surface area contributed by atoms with Gasteiger partial charge in [0.25, 0.3) is 0 Å². The van der Waals surface area contributed by atoms with Gasteiger partial charge in [0.2, 0.25) is 0 Å². The van der Waals surface area contributed by atoms with E-state index in [0.717, 1.165) is 11.1 Å². The third kappa shape index (κ3) is 7.05. The highest BCUT2D eigenvalue weighted by Crippen LogP contribution is 2.24. The average Bonchev–Trinajstić information content (AvgIpc) is 2.51. The van der Waals surface area contributed by atoms with Crippen LogP contribution in [0.1, 0.15) is 11.1 Å². The Kier molecular flexibility index (Phi) is 7.95. The van der Waals surface area contributed by atoms with Crippen molar-refractivity contribution in [3.63, 3.8) is 0 Å². The Morgan fingerprint density at radius 3 is 2.05 bits per heavy atom. The standard InChI is InChI=1S/2C8H11NO2/c9-4-3-6-1-2-7(10)8(11)5-6;10-9(11)7-6-8-4-2-1-3-5-8/h1-2,5,10-11H,3-4,9H2;1-5,10-11H,6-7H2. The lowest BCUT2D eigenvalue weighted by Crippen LogP contribution is -2.16. The van der Waals surface area contributed by atoms with E-state index in [1.807, 2.05) is 30.3 Å². The van der Waals surface area contributed by atoms with Crippen molar-refractivity contribution in [2.24, 2.45) is 5.73 Å². The van der Waals surface area contributed by atoms with Crippen LogP contribution in [0.5, 0.6) is 11.5 Å². The van der Waals surface area contributed by atoms with Crippen molar-refractivity contribution in [1.29, 1.82) is 0 Å². The van der Waals surface area contributed by atoms with Crippen molar-refractivity contribution in [2.75, 3.05) is 13.1 Å². The number of rotatable bonds is 5. The molecule has 2 aromatic rings. The minimum absolute atomic E-state index is 0.0871. The van der Waals surface area contributed by atoms with Gasteiger partial charge in [-0.05, 0) is 42.6 Å². The first-order chi connectivity index (χ1) is 10.5. The Labute approximate surface area is 129 Å². The van der Waals surface area contributed by atoms with Crippen molar-refractivity contribution in [3.05, 3.63) is 59.7 Å². The van der Waals surface area contributed by atoms with Gasteiger partial charge in [-0.2, -0.15) is 0 Å². The summed E-state index contributed by atoms with van der Waals surface area (Å²) >= 11 is 0. The Bertz CT molecular complexity index is 547. The van der Waals surface area contributed by atoms with Gasteiger partial charge in [-0.1, -0.05) is 41.6 Å². The molecule has 0 aromatic heterocycles. The summed E-state index contributed by atoms with van der Waals surface area (Å²) in [5.41, 5.74) is 7.34. The fourth-order valence-corrected chi connectivity index (χ4v) is 1.76. The molecule has 0 spiro atoms. The number of nitrogens with two attached hydrogens (primary N) is 1. The van der Waals surface area contributed by atoms with E-state index in [4.69, 9.17) is 26.4 Å². The summed E-state index contributed by atoms with van der Waals surface area (Å²) in [4.78, 5) is 0. The zero-order chi connectivity index (χ0) is 16.4. The van der Waals surface area contributed by atoms with Crippen LogP contribution in [0.3, 0.4) is 0 Å². The zero-order valence-corrected chi connectivity index (χ0v) is 12.3. The number of hydroxylamine groups is 2. The molecule has 6 heteroatoms. The second-order valence-corrected chi connectivity index (χ2v) is 4.69. The minimum atomic E-state index is -0.0919. The number of phenols is 2. The lowest BCUT2D eigenvalue weighted by Gasteiger charge is -2.04. The smallest absolute Gasteiger partial charge is 0.157 e. The molecule has 0 aliphatic carbocycles. The van der Waals surface area contributed by atoms with E-state index in [-0.39, 0.29) is 23.3 Å². The van der Waals surface area contributed by atoms with Gasteiger partial charge in [0.1, 0.15) is 0 Å². The van der Waals surface area contributed by atoms with Crippen LogP contribution >= 0.6 is 0 Å². The Morgan fingerprint density at radius 2 is 1.50 bits per heavy atom. The first-order valence-electron chi connectivity index (χ1n) is 6.93. The van der Waals surface area contributed by atoms with Gasteiger partial charge in [-0.3, -0.25) is 10.4 Å². The van der Waals surface area contributed by atoms with Gasteiger partial charge in [0.15, 0.2) is 11.5 Å². The molecular weight excluding hydrogens is 284 g/mol. The van der Waals surface area contributed by atoms with Gasteiger partial charge in [-0.15, -0.1) is 0 Å². The summed E-state index contributed by atoms with van der Waals surface area (Å²) in [5, 5.41) is 35.0. The molecule has 0 unspecified atom stereocenters. The van der Waals surface area contributed by atoms with Crippen LogP contribution in [0, 0.1) is 0 Å². The van der Waals surface area contributed by atoms with E-state index in [2.05, 4.69) is 0 Å². The lowest BCUT2D eigenvalue weighted by atomic mass is 10.1. The first kappa shape index (κ1) is 17.9. The largest absolute Gasteiger partial charge is 0.504 e. The minimum Gasteiger partial charge on any atom is -0.504 e. The van der Waals surface area contributed by atoms with E-state index >= 15 is 0 Å². The topological polar surface area (TPSA) is 110 Å². The van der Waals surface area contributed by atoms with Crippen molar-refractivity contribution in [1.82, 2.24) is 5.23 Å². The van der Waals surface area contributed by atoms with Crippen molar-refractivity contribution in [2.45, 2.75) is 12.8 Å². The van der Waals surface area contributed by atoms with Crippen LogP contribution in [0.4, 0.5) is 0 Å². The number of hydrogen-bond donors (Lipinski definition) is 5. The van der Waals surface area contributed by atoms with Gasteiger partial charge in [0.05, 0.1) is 6.54 Å². The Balaban J connectivity index is 0.000000220. The van der Waals surface area contributed by atoms with E-state index in [1.54, 1.807) is 6.07 Å². The van der Waals surface area contributed by atoms with Crippen LogP contribution in [0.15, 0.2) is 48.5 Å². The molecule has 0 aliphatic rings. The molecule has 0 heterocycles. The van der Waals surface area contributed by atoms with Crippen molar-refractivity contribution >= 4 is 0 Å². The summed E-state index contributed by atoms with van der Waals surface area (Å²) in [7, 11) is 0. The fraction of sp³-hybridized carbons (Fsp3) is 0.250. The van der Waals surface area contributed by atoms with Gasteiger partial charge in [0, 0.05) is 0 Å². The molecule has 2 aromatic carbocycles. The first-order valence-corrected chi connectivity index (χ1v) is 6.93. The predicted octanol–water partition coefficient (Wildman–Crippen LogP) is 1.91. The maximum absolute atomic E-state index is 9.04. The molecule has 0 atom stereocenters. The van der Waals surface area contributed by atoms with Crippen LogP contribution in [-0.4, -0.2) is 38.9 Å². The summed E-state index contributed by atoms with van der Waals surface area (Å²) in [5.74, 6) is -0.179. The molecule has 22 heavy (non-hydrogen) atoms. The van der Waals surface area contributed by atoms with Crippen LogP contribution in [0.2, 0.25) is 0 Å². The molecule has 0 radical (unpaired) electrons. The summed E-state index contributed by atoms with van der Waals surface area (Å²) in [6, 6.07) is 14.4. The van der Waals surface area contributed by atoms with Gasteiger partial charge < -0.3 is 15.9 Å². The van der Waals surface area contributed by atoms with Crippen molar-refractivity contribution in [3.8, 4) is 11.5 Å². The molecule has 0 saturated heterocycles. The fourth-order valence-electron chi connectivity index (χ4n) is 1.76. The Hall–Kier alpha value is -2.12. The predicted molar refractivity (Wildman–Crippen MR) is 83.0 cm³/mol. The molecule has 0 aliphatic heterocycles. The third-order valence-corrected chi connectivity index (χ3v) is 2.92. The molecular formula is C16H22N2O4. The molecule has 0 bridgehead atoms. The maximum Gasteiger partial charge on any atom is 0.157 e.